The summed E-state index contributed by atoms with van der Waals surface area (Å²) in [4.78, 5) is 76.7. The van der Waals surface area contributed by atoms with Crippen LogP contribution in [0.15, 0.2) is 35.9 Å². The fourth-order valence-electron chi connectivity index (χ4n) is 4.51. The van der Waals surface area contributed by atoms with Crippen LogP contribution in [0.1, 0.15) is 39.2 Å². The van der Waals surface area contributed by atoms with Crippen LogP contribution in [0, 0.1) is 5.92 Å². The number of methoxy groups -OCH3 is 1. The summed E-state index contributed by atoms with van der Waals surface area (Å²) < 4.78 is 4.79. The second kappa shape index (κ2) is 13.2. The highest BCUT2D eigenvalue weighted by molar-refractivity contribution is 6.17. The van der Waals surface area contributed by atoms with Gasteiger partial charge in [-0.05, 0) is 43.4 Å². The quantitative estimate of drug-likeness (QED) is 0.219. The molecule has 1 aromatic rings. The van der Waals surface area contributed by atoms with E-state index in [1.165, 1.54) is 31.2 Å². The van der Waals surface area contributed by atoms with E-state index in [0.717, 1.165) is 11.0 Å². The number of phenolic OH excluding ortho intramolecular Hbond substituents is 1. The summed E-state index contributed by atoms with van der Waals surface area (Å²) in [5, 5.41) is 16.4. The zero-order chi connectivity index (χ0) is 29.6. The molecule has 40 heavy (non-hydrogen) atoms. The van der Waals surface area contributed by atoms with Crippen LogP contribution in [0.2, 0.25) is 0 Å². The van der Waals surface area contributed by atoms with Gasteiger partial charge >= 0.3 is 5.97 Å². The van der Waals surface area contributed by atoms with Crippen molar-refractivity contribution >= 4 is 35.5 Å². The number of amides is 5. The van der Waals surface area contributed by atoms with Crippen LogP contribution < -0.4 is 16.1 Å². The van der Waals surface area contributed by atoms with Gasteiger partial charge < -0.3 is 20.5 Å². The Labute approximate surface area is 231 Å². The highest BCUT2D eigenvalue weighted by atomic mass is 16.5. The van der Waals surface area contributed by atoms with Crippen LogP contribution in [0.5, 0.6) is 5.75 Å². The molecular weight excluding hydrogens is 522 g/mol. The molecule has 0 aromatic heterocycles. The molecule has 0 unspecified atom stereocenters. The monoisotopic (exact) mass is 557 g/mol. The summed E-state index contributed by atoms with van der Waals surface area (Å²) in [7, 11) is 1.25. The Bertz CT molecular complexity index is 1210. The number of ether oxygens (including phenoxy) is 1. The molecule has 13 heteroatoms. The number of carbonyl (C=O) groups is 6. The number of hydrogen-bond acceptors (Lipinski definition) is 9. The molecule has 4 N–H and O–H groups in total. The molecule has 0 aliphatic carbocycles. The van der Waals surface area contributed by atoms with Gasteiger partial charge in [-0.1, -0.05) is 26.0 Å². The Balaban J connectivity index is 1.76. The molecule has 0 radical (unpaired) electrons. The van der Waals surface area contributed by atoms with E-state index in [1.54, 1.807) is 26.0 Å². The van der Waals surface area contributed by atoms with E-state index < -0.39 is 66.1 Å². The van der Waals surface area contributed by atoms with Gasteiger partial charge in [-0.2, -0.15) is 0 Å². The summed E-state index contributed by atoms with van der Waals surface area (Å²) in [5.41, 5.74) is 3.64. The number of benzene rings is 1. The SMILES string of the molecule is COC(=O)[C@@H]1CCCN(C(=O)[C@H](Cc2cccc(O)c2)NC(=O)[C@@H](NC(=O)CN2C(=O)C=C(C)C2=O)C(C)C)N1. The van der Waals surface area contributed by atoms with E-state index >= 15 is 0 Å². The molecule has 2 aliphatic rings. The number of hydrogen-bond donors (Lipinski definition) is 4. The first-order valence-electron chi connectivity index (χ1n) is 13.0. The van der Waals surface area contributed by atoms with Crippen LogP contribution in [0.4, 0.5) is 0 Å². The lowest BCUT2D eigenvalue weighted by molar-refractivity contribution is -0.151. The maximum Gasteiger partial charge on any atom is 0.324 e. The minimum atomic E-state index is -1.12. The highest BCUT2D eigenvalue weighted by Crippen LogP contribution is 2.16. The topological polar surface area (TPSA) is 174 Å². The fraction of sp³-hybridized carbons (Fsp3) is 0.481. The smallest absolute Gasteiger partial charge is 0.324 e. The van der Waals surface area contributed by atoms with Gasteiger partial charge in [0.05, 0.1) is 7.11 Å². The van der Waals surface area contributed by atoms with Crippen molar-refractivity contribution < 1.29 is 38.6 Å². The van der Waals surface area contributed by atoms with Crippen LogP contribution >= 0.6 is 0 Å². The first-order chi connectivity index (χ1) is 18.9. The van der Waals surface area contributed by atoms with Crippen LogP contribution in [0.3, 0.4) is 0 Å². The van der Waals surface area contributed by atoms with Crippen LogP contribution in [-0.2, 0) is 39.9 Å². The predicted molar refractivity (Wildman–Crippen MR) is 141 cm³/mol. The molecule has 13 nitrogen and oxygen atoms in total. The Morgan fingerprint density at radius 1 is 1.18 bits per heavy atom. The second-order valence-corrected chi connectivity index (χ2v) is 10.1. The standard InChI is InChI=1S/C27H35N5O8/c1-15(2)23(29-21(34)14-31-22(35)11-16(3)25(31)37)24(36)28-20(13-17-7-5-8-18(33)12-17)26(38)32-10-6-9-19(30-32)27(39)40-4/h5,7-8,11-12,15,19-20,23,30,33H,6,9-10,13-14H2,1-4H3,(H,28,36)(H,29,34)/t19-,20-,23-/m0/s1. The van der Waals surface area contributed by atoms with Crippen molar-refractivity contribution in [3.63, 3.8) is 0 Å². The van der Waals surface area contributed by atoms with E-state index in [0.29, 0.717) is 18.4 Å². The molecule has 3 rings (SSSR count). The molecule has 0 spiro atoms. The summed E-state index contributed by atoms with van der Waals surface area (Å²) in [6.45, 7) is 4.59. The Morgan fingerprint density at radius 2 is 1.90 bits per heavy atom. The lowest BCUT2D eigenvalue weighted by atomic mass is 10.00. The summed E-state index contributed by atoms with van der Waals surface area (Å²) >= 11 is 0. The number of rotatable bonds is 10. The van der Waals surface area contributed by atoms with Crippen molar-refractivity contribution in [2.75, 3.05) is 20.2 Å². The molecule has 1 aromatic carbocycles. The predicted octanol–water partition coefficient (Wildman–Crippen LogP) is -0.456. The molecule has 2 heterocycles. The van der Waals surface area contributed by atoms with Gasteiger partial charge in [0, 0.05) is 24.6 Å². The number of carbonyl (C=O) groups excluding carboxylic acids is 6. The average Bonchev–Trinajstić information content (AvgIpc) is 3.15. The normalized spacial score (nSPS) is 18.7. The number of imide groups is 1. The number of aromatic hydroxyl groups is 1. The summed E-state index contributed by atoms with van der Waals surface area (Å²) in [5.74, 6) is -4.03. The molecule has 5 amide bonds. The lowest BCUT2D eigenvalue weighted by Gasteiger charge is -2.35. The van der Waals surface area contributed by atoms with Crippen molar-refractivity contribution in [1.82, 2.24) is 26.0 Å². The Hall–Kier alpha value is -4.26. The molecular formula is C27H35N5O8. The van der Waals surface area contributed by atoms with Gasteiger partial charge in [0.1, 0.15) is 30.4 Å². The maximum atomic E-state index is 13.6. The maximum absolute atomic E-state index is 13.6. The van der Waals surface area contributed by atoms with Gasteiger partial charge in [-0.25, -0.2) is 5.43 Å². The van der Waals surface area contributed by atoms with E-state index in [4.69, 9.17) is 4.74 Å². The number of phenols is 1. The molecule has 0 saturated carbocycles. The summed E-state index contributed by atoms with van der Waals surface area (Å²) in [6.07, 6.45) is 2.15. The fourth-order valence-corrected chi connectivity index (χ4v) is 4.51. The van der Waals surface area contributed by atoms with E-state index in [9.17, 15) is 33.9 Å². The van der Waals surface area contributed by atoms with Gasteiger partial charge in [-0.3, -0.25) is 38.7 Å². The molecule has 1 fully saturated rings. The molecule has 216 valence electrons. The molecule has 2 aliphatic heterocycles. The third-order valence-corrected chi connectivity index (χ3v) is 6.66. The van der Waals surface area contributed by atoms with E-state index in [-0.39, 0.29) is 24.3 Å². The van der Waals surface area contributed by atoms with Crippen molar-refractivity contribution in [3.8, 4) is 5.75 Å². The Morgan fingerprint density at radius 3 is 2.50 bits per heavy atom. The number of nitrogens with one attached hydrogen (secondary N) is 3. The zero-order valence-electron chi connectivity index (χ0n) is 22.9. The van der Waals surface area contributed by atoms with E-state index in [2.05, 4.69) is 16.1 Å². The second-order valence-electron chi connectivity index (χ2n) is 10.1. The molecule has 1 saturated heterocycles. The molecule has 3 atom stereocenters. The van der Waals surface area contributed by atoms with Crippen LogP contribution in [-0.4, -0.2) is 88.8 Å². The average molecular weight is 558 g/mol. The third kappa shape index (κ3) is 7.44. The largest absolute Gasteiger partial charge is 0.508 e. The molecule has 0 bridgehead atoms. The van der Waals surface area contributed by atoms with E-state index in [1.807, 2.05) is 0 Å². The number of hydrazine groups is 1. The third-order valence-electron chi connectivity index (χ3n) is 6.66. The number of nitrogens with zero attached hydrogens (tertiary/aromatic N) is 2. The minimum absolute atomic E-state index is 0.0140. The number of esters is 1. The first kappa shape index (κ1) is 30.3. The van der Waals surface area contributed by atoms with Gasteiger partial charge in [0.2, 0.25) is 11.8 Å². The minimum Gasteiger partial charge on any atom is -0.508 e. The van der Waals surface area contributed by atoms with Gasteiger partial charge in [0.15, 0.2) is 0 Å². The van der Waals surface area contributed by atoms with Gasteiger partial charge in [-0.15, -0.1) is 0 Å². The Kier molecular flexibility index (Phi) is 9.99. The highest BCUT2D eigenvalue weighted by Gasteiger charge is 2.36. The first-order valence-corrected chi connectivity index (χ1v) is 13.0. The summed E-state index contributed by atoms with van der Waals surface area (Å²) in [6, 6.07) is 3.30. The lowest BCUT2D eigenvalue weighted by Crippen LogP contribution is -2.62. The van der Waals surface area contributed by atoms with Crippen molar-refractivity contribution in [2.24, 2.45) is 5.92 Å². The van der Waals surface area contributed by atoms with Crippen molar-refractivity contribution in [2.45, 2.75) is 58.2 Å². The van der Waals surface area contributed by atoms with Crippen LogP contribution in [0.25, 0.3) is 0 Å². The van der Waals surface area contributed by atoms with Gasteiger partial charge in [0.25, 0.3) is 17.7 Å². The van der Waals surface area contributed by atoms with Crippen molar-refractivity contribution in [3.05, 3.63) is 41.5 Å². The zero-order valence-corrected chi connectivity index (χ0v) is 22.9. The van der Waals surface area contributed by atoms with Crippen molar-refractivity contribution in [1.29, 1.82) is 0 Å².